The molecule has 0 atom stereocenters. The van der Waals surface area contributed by atoms with Gasteiger partial charge in [-0.15, -0.1) is 0 Å². The summed E-state index contributed by atoms with van der Waals surface area (Å²) in [6.45, 7) is 0. The van der Waals surface area contributed by atoms with Crippen LogP contribution in [-0.4, -0.2) is 28.0 Å². The maximum atomic E-state index is 13.1. The Balaban J connectivity index is 1.56. The number of benzene rings is 1. The third-order valence-corrected chi connectivity index (χ3v) is 4.55. The number of halogens is 3. The van der Waals surface area contributed by atoms with Gasteiger partial charge in [-0.2, -0.15) is 18.4 Å². The summed E-state index contributed by atoms with van der Waals surface area (Å²) in [6.07, 6.45) is 1.82. The van der Waals surface area contributed by atoms with E-state index in [1.807, 2.05) is 0 Å². The van der Waals surface area contributed by atoms with Crippen LogP contribution in [0.5, 0.6) is 5.75 Å². The first kappa shape index (κ1) is 19.6. The summed E-state index contributed by atoms with van der Waals surface area (Å²) in [6, 6.07) is 4.86. The quantitative estimate of drug-likeness (QED) is 0.864. The molecule has 1 heterocycles. The summed E-state index contributed by atoms with van der Waals surface area (Å²) >= 11 is 0. The standard InChI is InChI=1S/C19H17F3N4O2/c20-19(21,22)17-7-16(4-1-12(17)8-23)28-15-5-2-14(3-6-15)26-18(27)13-9-24-11-25-10-13/h1,4,7,9-11,14-15H,2-3,5-6H2,(H,26,27)/t14-,15-. The summed E-state index contributed by atoms with van der Waals surface area (Å²) in [4.78, 5) is 19.7. The summed E-state index contributed by atoms with van der Waals surface area (Å²) in [5.74, 6) is -0.174. The van der Waals surface area contributed by atoms with Crippen LogP contribution >= 0.6 is 0 Å². The van der Waals surface area contributed by atoms with Crippen molar-refractivity contribution in [3.63, 3.8) is 0 Å². The Morgan fingerprint density at radius 3 is 2.46 bits per heavy atom. The normalized spacial score (nSPS) is 19.5. The van der Waals surface area contributed by atoms with Crippen LogP contribution in [0, 0.1) is 11.3 Å². The lowest BCUT2D eigenvalue weighted by molar-refractivity contribution is -0.137. The molecule has 1 aliphatic carbocycles. The number of nitrogens with zero attached hydrogens (tertiary/aromatic N) is 3. The summed E-state index contributed by atoms with van der Waals surface area (Å²) in [5.41, 5.74) is -1.06. The topological polar surface area (TPSA) is 87.9 Å². The molecule has 1 aliphatic rings. The van der Waals surface area contributed by atoms with Gasteiger partial charge in [-0.25, -0.2) is 9.97 Å². The van der Waals surface area contributed by atoms with Crippen molar-refractivity contribution < 1.29 is 22.7 Å². The minimum absolute atomic E-state index is 0.0424. The van der Waals surface area contributed by atoms with Crippen LogP contribution in [-0.2, 0) is 6.18 Å². The zero-order valence-corrected chi connectivity index (χ0v) is 14.7. The molecule has 0 bridgehead atoms. The highest BCUT2D eigenvalue weighted by Gasteiger charge is 2.34. The number of amides is 1. The highest BCUT2D eigenvalue weighted by Crippen LogP contribution is 2.35. The molecule has 0 aliphatic heterocycles. The number of nitriles is 1. The van der Waals surface area contributed by atoms with Gasteiger partial charge in [0.2, 0.25) is 0 Å². The lowest BCUT2D eigenvalue weighted by atomic mass is 9.92. The molecule has 1 saturated carbocycles. The van der Waals surface area contributed by atoms with Crippen molar-refractivity contribution in [1.82, 2.24) is 15.3 Å². The Kier molecular flexibility index (Phi) is 5.78. The lowest BCUT2D eigenvalue weighted by Crippen LogP contribution is -2.39. The van der Waals surface area contributed by atoms with E-state index >= 15 is 0 Å². The van der Waals surface area contributed by atoms with Crippen LogP contribution in [0.15, 0.2) is 36.9 Å². The largest absolute Gasteiger partial charge is 0.490 e. The third-order valence-electron chi connectivity index (χ3n) is 4.55. The van der Waals surface area contributed by atoms with Gasteiger partial charge < -0.3 is 10.1 Å². The van der Waals surface area contributed by atoms with Crippen molar-refractivity contribution in [2.24, 2.45) is 0 Å². The van der Waals surface area contributed by atoms with E-state index in [-0.39, 0.29) is 23.8 Å². The Morgan fingerprint density at radius 2 is 1.86 bits per heavy atom. The van der Waals surface area contributed by atoms with E-state index in [2.05, 4.69) is 15.3 Å². The minimum Gasteiger partial charge on any atom is -0.490 e. The molecule has 6 nitrogen and oxygen atoms in total. The van der Waals surface area contributed by atoms with Gasteiger partial charge in [0.25, 0.3) is 5.91 Å². The van der Waals surface area contributed by atoms with Gasteiger partial charge in [0.15, 0.2) is 0 Å². The Hall–Kier alpha value is -3.15. The first-order chi connectivity index (χ1) is 13.4. The van der Waals surface area contributed by atoms with Crippen LogP contribution in [0.1, 0.15) is 47.2 Å². The maximum Gasteiger partial charge on any atom is 0.417 e. The second-order valence-electron chi connectivity index (χ2n) is 6.51. The van der Waals surface area contributed by atoms with E-state index in [0.29, 0.717) is 31.2 Å². The molecular weight excluding hydrogens is 373 g/mol. The number of carbonyl (C=O) groups excluding carboxylic acids is 1. The van der Waals surface area contributed by atoms with Crippen LogP contribution in [0.25, 0.3) is 0 Å². The van der Waals surface area contributed by atoms with Crippen LogP contribution in [0.2, 0.25) is 0 Å². The van der Waals surface area contributed by atoms with Crippen LogP contribution in [0.4, 0.5) is 13.2 Å². The molecule has 1 N–H and O–H groups in total. The average molecular weight is 390 g/mol. The second-order valence-corrected chi connectivity index (χ2v) is 6.51. The zero-order chi connectivity index (χ0) is 20.1. The Labute approximate surface area is 159 Å². The van der Waals surface area contributed by atoms with Gasteiger partial charge in [-0.3, -0.25) is 4.79 Å². The van der Waals surface area contributed by atoms with Gasteiger partial charge >= 0.3 is 6.18 Å². The number of rotatable bonds is 4. The first-order valence-electron chi connectivity index (χ1n) is 8.70. The fourth-order valence-corrected chi connectivity index (χ4v) is 3.13. The van der Waals surface area contributed by atoms with Gasteiger partial charge in [0.05, 0.1) is 28.9 Å². The summed E-state index contributed by atoms with van der Waals surface area (Å²) in [5, 5.41) is 11.7. The molecule has 1 aromatic carbocycles. The Morgan fingerprint density at radius 1 is 1.18 bits per heavy atom. The van der Waals surface area contributed by atoms with Crippen LogP contribution < -0.4 is 10.1 Å². The monoisotopic (exact) mass is 390 g/mol. The van der Waals surface area contributed by atoms with Crippen molar-refractivity contribution in [3.8, 4) is 11.8 Å². The third kappa shape index (κ3) is 4.76. The number of alkyl halides is 3. The Bertz CT molecular complexity index is 873. The first-order valence-corrected chi connectivity index (χ1v) is 8.70. The summed E-state index contributed by atoms with van der Waals surface area (Å²) < 4.78 is 44.8. The molecule has 28 heavy (non-hydrogen) atoms. The molecule has 2 aromatic rings. The fraction of sp³-hybridized carbons (Fsp3) is 0.368. The molecule has 0 radical (unpaired) electrons. The highest BCUT2D eigenvalue weighted by atomic mass is 19.4. The van der Waals surface area contributed by atoms with E-state index in [1.54, 1.807) is 6.07 Å². The van der Waals surface area contributed by atoms with Gasteiger partial charge in [0.1, 0.15) is 12.1 Å². The smallest absolute Gasteiger partial charge is 0.417 e. The second kappa shape index (κ2) is 8.25. The highest BCUT2D eigenvalue weighted by molar-refractivity contribution is 5.93. The fourth-order valence-electron chi connectivity index (χ4n) is 3.13. The molecular formula is C19H17F3N4O2. The number of nitrogens with one attached hydrogen (secondary N) is 1. The van der Waals surface area contributed by atoms with E-state index in [4.69, 9.17) is 10.00 Å². The summed E-state index contributed by atoms with van der Waals surface area (Å²) in [7, 11) is 0. The van der Waals surface area contributed by atoms with Crippen molar-refractivity contribution in [2.45, 2.75) is 44.0 Å². The molecule has 1 fully saturated rings. The van der Waals surface area contributed by atoms with Gasteiger partial charge in [0, 0.05) is 18.4 Å². The molecule has 146 valence electrons. The SMILES string of the molecule is N#Cc1ccc(O[C@H]2CC[C@H](NC(=O)c3cncnc3)CC2)cc1C(F)(F)F. The van der Waals surface area contributed by atoms with E-state index in [9.17, 15) is 18.0 Å². The van der Waals surface area contributed by atoms with Gasteiger partial charge in [-0.05, 0) is 43.9 Å². The van der Waals surface area contributed by atoms with Crippen LogP contribution in [0.3, 0.4) is 0 Å². The van der Waals surface area contributed by atoms with E-state index in [1.165, 1.54) is 24.8 Å². The van der Waals surface area contributed by atoms with Crippen molar-refractivity contribution in [2.75, 3.05) is 0 Å². The number of carbonyl (C=O) groups is 1. The molecule has 0 saturated heterocycles. The number of hydrogen-bond donors (Lipinski definition) is 1. The number of ether oxygens (including phenoxy) is 1. The molecule has 0 spiro atoms. The predicted molar refractivity (Wildman–Crippen MR) is 92.3 cm³/mol. The number of hydrogen-bond acceptors (Lipinski definition) is 5. The molecule has 0 unspecified atom stereocenters. The van der Waals surface area contributed by atoms with E-state index in [0.717, 1.165) is 12.1 Å². The van der Waals surface area contributed by atoms with Gasteiger partial charge in [-0.1, -0.05) is 0 Å². The molecule has 9 heteroatoms. The zero-order valence-electron chi connectivity index (χ0n) is 14.7. The predicted octanol–water partition coefficient (Wildman–Crippen LogP) is 3.49. The van der Waals surface area contributed by atoms with Crippen molar-refractivity contribution in [3.05, 3.63) is 53.6 Å². The lowest BCUT2D eigenvalue weighted by Gasteiger charge is -2.29. The van der Waals surface area contributed by atoms with Crippen molar-refractivity contribution in [1.29, 1.82) is 5.26 Å². The molecule has 1 amide bonds. The minimum atomic E-state index is -4.62. The average Bonchev–Trinajstić information content (AvgIpc) is 2.69. The van der Waals surface area contributed by atoms with Crippen molar-refractivity contribution >= 4 is 5.91 Å². The molecule has 3 rings (SSSR count). The molecule has 1 aromatic heterocycles. The number of aromatic nitrogens is 2. The maximum absolute atomic E-state index is 13.1. The van der Waals surface area contributed by atoms with E-state index < -0.39 is 17.3 Å².